The number of hydrogen-bond donors (Lipinski definition) is 2. The zero-order valence-corrected chi connectivity index (χ0v) is 13.0. The summed E-state index contributed by atoms with van der Waals surface area (Å²) in [4.78, 5) is 23.3. The molecule has 2 aromatic rings. The maximum absolute atomic E-state index is 11.7. The molecule has 0 aliphatic carbocycles. The highest BCUT2D eigenvalue weighted by Gasteiger charge is 2.12. The van der Waals surface area contributed by atoms with E-state index in [9.17, 15) is 9.59 Å². The van der Waals surface area contributed by atoms with Crippen LogP contribution < -0.4 is 15.5 Å². The molecule has 0 heterocycles. The summed E-state index contributed by atoms with van der Waals surface area (Å²) in [6, 6.07) is 13.5. The lowest BCUT2D eigenvalue weighted by Crippen LogP contribution is -2.32. The molecule has 118 valence electrons. The molecule has 2 aromatic carbocycles. The fraction of sp³-hybridized carbons (Fsp3) is 0.0625. The first kappa shape index (κ1) is 16.5. The maximum atomic E-state index is 11.7. The number of hydrogen-bond acceptors (Lipinski definition) is 4. The number of anilines is 1. The number of benzene rings is 2. The van der Waals surface area contributed by atoms with Crippen LogP contribution in [0, 0.1) is 0 Å². The van der Waals surface area contributed by atoms with Crippen LogP contribution in [0.4, 0.5) is 5.69 Å². The molecule has 0 unspecified atom stereocenters. The first-order valence-electron chi connectivity index (χ1n) is 6.62. The normalized spacial score (nSPS) is 10.3. The number of carbonyl (C=O) groups is 2. The Morgan fingerprint density at radius 2 is 1.87 bits per heavy atom. The lowest BCUT2D eigenvalue weighted by atomic mass is 10.2. The standard InChI is InChI=1S/C16H14ClN3O3/c1-23-14-7-5-11(6-8-14)10-18-20-16(22)15(21)19-13-4-2-3-12(17)9-13/h2-10H,1H3,(H,19,21)(H,20,22)/b18-10+. The Morgan fingerprint density at radius 1 is 1.13 bits per heavy atom. The van der Waals surface area contributed by atoms with E-state index in [0.717, 1.165) is 5.56 Å². The van der Waals surface area contributed by atoms with E-state index in [1.54, 1.807) is 49.6 Å². The topological polar surface area (TPSA) is 79.8 Å². The maximum Gasteiger partial charge on any atom is 0.329 e. The molecular weight excluding hydrogens is 318 g/mol. The van der Waals surface area contributed by atoms with Crippen LogP contribution in [0.25, 0.3) is 0 Å². The first-order valence-corrected chi connectivity index (χ1v) is 7.00. The van der Waals surface area contributed by atoms with Gasteiger partial charge in [0.2, 0.25) is 0 Å². The number of halogens is 1. The SMILES string of the molecule is COc1ccc(/C=N/NC(=O)C(=O)Nc2cccc(Cl)c2)cc1. The highest BCUT2D eigenvalue weighted by molar-refractivity contribution is 6.39. The third-order valence-corrected chi connectivity index (χ3v) is 3.02. The molecule has 23 heavy (non-hydrogen) atoms. The van der Waals surface area contributed by atoms with E-state index in [2.05, 4.69) is 15.8 Å². The van der Waals surface area contributed by atoms with E-state index in [1.807, 2.05) is 0 Å². The highest BCUT2D eigenvalue weighted by Crippen LogP contribution is 2.14. The second-order valence-corrected chi connectivity index (χ2v) is 4.87. The predicted octanol–water partition coefficient (Wildman–Crippen LogP) is 2.44. The molecule has 0 radical (unpaired) electrons. The number of carbonyl (C=O) groups excluding carboxylic acids is 2. The minimum absolute atomic E-state index is 0.428. The van der Waals surface area contributed by atoms with Crippen LogP contribution in [0.3, 0.4) is 0 Å². The Bertz CT molecular complexity index is 730. The van der Waals surface area contributed by atoms with Crippen molar-refractivity contribution in [1.29, 1.82) is 0 Å². The summed E-state index contributed by atoms with van der Waals surface area (Å²) in [5.74, 6) is -0.999. The molecule has 2 amide bonds. The monoisotopic (exact) mass is 331 g/mol. The summed E-state index contributed by atoms with van der Waals surface area (Å²) in [5.41, 5.74) is 3.33. The number of amides is 2. The number of methoxy groups -OCH3 is 1. The Hall–Kier alpha value is -2.86. The third kappa shape index (κ3) is 5.12. The zero-order chi connectivity index (χ0) is 16.7. The predicted molar refractivity (Wildman–Crippen MR) is 88.8 cm³/mol. The molecule has 0 aromatic heterocycles. The minimum atomic E-state index is -0.880. The van der Waals surface area contributed by atoms with Gasteiger partial charge in [0.05, 0.1) is 13.3 Å². The van der Waals surface area contributed by atoms with Gasteiger partial charge in [0, 0.05) is 10.7 Å². The molecular formula is C16H14ClN3O3. The van der Waals surface area contributed by atoms with Crippen molar-refractivity contribution in [2.45, 2.75) is 0 Å². The average Bonchev–Trinajstić information content (AvgIpc) is 2.55. The van der Waals surface area contributed by atoms with Crippen LogP contribution in [-0.2, 0) is 9.59 Å². The summed E-state index contributed by atoms with van der Waals surface area (Å²) in [7, 11) is 1.57. The van der Waals surface area contributed by atoms with Crippen LogP contribution in [0.15, 0.2) is 53.6 Å². The van der Waals surface area contributed by atoms with E-state index in [4.69, 9.17) is 16.3 Å². The van der Waals surface area contributed by atoms with E-state index < -0.39 is 11.8 Å². The minimum Gasteiger partial charge on any atom is -0.497 e. The zero-order valence-electron chi connectivity index (χ0n) is 12.2. The fourth-order valence-corrected chi connectivity index (χ4v) is 1.85. The van der Waals surface area contributed by atoms with Gasteiger partial charge in [-0.3, -0.25) is 9.59 Å². The van der Waals surface area contributed by atoms with Crippen molar-refractivity contribution in [3.05, 3.63) is 59.1 Å². The second kappa shape index (κ2) is 7.95. The molecule has 0 saturated heterocycles. The van der Waals surface area contributed by atoms with Gasteiger partial charge in [-0.05, 0) is 48.0 Å². The molecule has 6 nitrogen and oxygen atoms in total. The van der Waals surface area contributed by atoms with Crippen LogP contribution in [0.2, 0.25) is 5.02 Å². The van der Waals surface area contributed by atoms with E-state index in [1.165, 1.54) is 12.3 Å². The van der Waals surface area contributed by atoms with Crippen molar-refractivity contribution in [2.24, 2.45) is 5.10 Å². The van der Waals surface area contributed by atoms with Gasteiger partial charge in [-0.15, -0.1) is 0 Å². The van der Waals surface area contributed by atoms with Crippen LogP contribution in [0.1, 0.15) is 5.56 Å². The number of rotatable bonds is 4. The summed E-state index contributed by atoms with van der Waals surface area (Å²) in [6.45, 7) is 0. The Morgan fingerprint density at radius 3 is 2.52 bits per heavy atom. The number of nitrogens with zero attached hydrogens (tertiary/aromatic N) is 1. The molecule has 0 spiro atoms. The molecule has 2 rings (SSSR count). The molecule has 0 fully saturated rings. The second-order valence-electron chi connectivity index (χ2n) is 4.44. The number of hydrazone groups is 1. The highest BCUT2D eigenvalue weighted by atomic mass is 35.5. The van der Waals surface area contributed by atoms with Crippen molar-refractivity contribution in [3.63, 3.8) is 0 Å². The molecule has 0 aliphatic heterocycles. The summed E-state index contributed by atoms with van der Waals surface area (Å²) < 4.78 is 5.03. The van der Waals surface area contributed by atoms with Gasteiger partial charge in [-0.2, -0.15) is 5.10 Å². The van der Waals surface area contributed by atoms with Gasteiger partial charge in [-0.1, -0.05) is 17.7 Å². The van der Waals surface area contributed by atoms with Crippen LogP contribution >= 0.6 is 11.6 Å². The van der Waals surface area contributed by atoms with Gasteiger partial charge in [0.15, 0.2) is 0 Å². The van der Waals surface area contributed by atoms with E-state index >= 15 is 0 Å². The third-order valence-electron chi connectivity index (χ3n) is 2.78. The van der Waals surface area contributed by atoms with Crippen molar-refractivity contribution in [1.82, 2.24) is 5.43 Å². The number of ether oxygens (including phenoxy) is 1. The molecule has 0 saturated carbocycles. The van der Waals surface area contributed by atoms with Crippen molar-refractivity contribution in [2.75, 3.05) is 12.4 Å². The Balaban J connectivity index is 1.88. The smallest absolute Gasteiger partial charge is 0.329 e. The van der Waals surface area contributed by atoms with Gasteiger partial charge < -0.3 is 10.1 Å². The largest absolute Gasteiger partial charge is 0.497 e. The molecule has 0 atom stereocenters. The Labute approximate surface area is 138 Å². The quantitative estimate of drug-likeness (QED) is 0.513. The lowest BCUT2D eigenvalue weighted by Gasteiger charge is -2.04. The molecule has 7 heteroatoms. The van der Waals surface area contributed by atoms with Gasteiger partial charge in [0.25, 0.3) is 0 Å². The molecule has 2 N–H and O–H groups in total. The molecule has 0 aliphatic rings. The molecule has 0 bridgehead atoms. The fourth-order valence-electron chi connectivity index (χ4n) is 1.66. The van der Waals surface area contributed by atoms with E-state index in [0.29, 0.717) is 16.5 Å². The van der Waals surface area contributed by atoms with Gasteiger partial charge >= 0.3 is 11.8 Å². The van der Waals surface area contributed by atoms with Crippen molar-refractivity contribution < 1.29 is 14.3 Å². The van der Waals surface area contributed by atoms with Gasteiger partial charge in [0.1, 0.15) is 5.75 Å². The first-order chi connectivity index (χ1) is 11.1. The average molecular weight is 332 g/mol. The van der Waals surface area contributed by atoms with Crippen molar-refractivity contribution >= 4 is 35.3 Å². The van der Waals surface area contributed by atoms with Crippen molar-refractivity contribution in [3.8, 4) is 5.75 Å². The lowest BCUT2D eigenvalue weighted by molar-refractivity contribution is -0.136. The summed E-state index contributed by atoms with van der Waals surface area (Å²) in [5, 5.41) is 6.60. The van der Waals surface area contributed by atoms with Crippen LogP contribution in [0.5, 0.6) is 5.75 Å². The number of nitrogens with one attached hydrogen (secondary N) is 2. The Kier molecular flexibility index (Phi) is 5.71. The summed E-state index contributed by atoms with van der Waals surface area (Å²) in [6.07, 6.45) is 1.42. The van der Waals surface area contributed by atoms with E-state index in [-0.39, 0.29) is 0 Å². The van der Waals surface area contributed by atoms with Gasteiger partial charge in [-0.25, -0.2) is 5.43 Å². The van der Waals surface area contributed by atoms with Crippen LogP contribution in [-0.4, -0.2) is 25.1 Å². The summed E-state index contributed by atoms with van der Waals surface area (Å²) >= 11 is 5.80.